The van der Waals surface area contributed by atoms with Crippen LogP contribution in [0.4, 0.5) is 0 Å². The van der Waals surface area contributed by atoms with Crippen molar-refractivity contribution in [3.05, 3.63) is 38.8 Å². The van der Waals surface area contributed by atoms with Gasteiger partial charge in [-0.05, 0) is 25.0 Å². The minimum Gasteiger partial charge on any atom is -0.368 e. The van der Waals surface area contributed by atoms with Gasteiger partial charge < -0.3 is 10.6 Å². The largest absolute Gasteiger partial charge is 0.368 e. The zero-order valence-corrected chi connectivity index (χ0v) is 14.3. The Balaban J connectivity index is 1.98. The summed E-state index contributed by atoms with van der Waals surface area (Å²) < 4.78 is 1.75. The molecule has 122 valence electrons. The van der Waals surface area contributed by atoms with Gasteiger partial charge >= 0.3 is 0 Å². The molecule has 23 heavy (non-hydrogen) atoms. The molecule has 0 aliphatic carbocycles. The smallest absolute Gasteiger partial charge is 0.264 e. The minimum atomic E-state index is -0.743. The highest BCUT2D eigenvalue weighted by atomic mass is 32.1. The number of hydrogen-bond donors (Lipinski definition) is 1. The predicted octanol–water partition coefficient (Wildman–Crippen LogP) is 1.58. The Morgan fingerprint density at radius 1 is 1.48 bits per heavy atom. The van der Waals surface area contributed by atoms with Crippen LogP contribution in [-0.2, 0) is 24.7 Å². The molecule has 0 saturated carbocycles. The Morgan fingerprint density at radius 2 is 2.22 bits per heavy atom. The number of rotatable bonds is 3. The fourth-order valence-electron chi connectivity index (χ4n) is 3.18. The third kappa shape index (κ3) is 2.55. The van der Waals surface area contributed by atoms with Gasteiger partial charge in [-0.25, -0.2) is 0 Å². The van der Waals surface area contributed by atoms with Gasteiger partial charge in [0.15, 0.2) is 0 Å². The van der Waals surface area contributed by atoms with Crippen molar-refractivity contribution < 1.29 is 9.59 Å². The molecule has 1 atom stereocenters. The van der Waals surface area contributed by atoms with Crippen LogP contribution in [0.3, 0.4) is 0 Å². The average molecular weight is 332 g/mol. The Labute approximate surface area is 138 Å². The molecule has 0 radical (unpaired) electrons. The highest BCUT2D eigenvalue weighted by Gasteiger charge is 2.37. The van der Waals surface area contributed by atoms with Crippen LogP contribution in [0.15, 0.2) is 12.3 Å². The molecule has 2 amide bonds. The SMILES string of the molecule is CCc1cc(C(=O)N2CCc3c(cnn3C)C2C(N)=O)sc1C. The van der Waals surface area contributed by atoms with E-state index >= 15 is 0 Å². The van der Waals surface area contributed by atoms with E-state index in [9.17, 15) is 9.59 Å². The number of primary amides is 1. The van der Waals surface area contributed by atoms with Crippen molar-refractivity contribution in [3.8, 4) is 0 Å². The Morgan fingerprint density at radius 3 is 2.83 bits per heavy atom. The van der Waals surface area contributed by atoms with Crippen LogP contribution in [0, 0.1) is 6.92 Å². The van der Waals surface area contributed by atoms with Crippen LogP contribution >= 0.6 is 11.3 Å². The molecule has 0 spiro atoms. The van der Waals surface area contributed by atoms with Crippen LogP contribution in [-0.4, -0.2) is 33.0 Å². The monoisotopic (exact) mass is 332 g/mol. The lowest BCUT2D eigenvalue weighted by molar-refractivity contribution is -0.123. The molecular weight excluding hydrogens is 312 g/mol. The number of fused-ring (bicyclic) bond motifs is 1. The molecule has 6 nitrogen and oxygen atoms in total. The van der Waals surface area contributed by atoms with Crippen LogP contribution in [0.2, 0.25) is 0 Å². The quantitative estimate of drug-likeness (QED) is 0.926. The number of nitrogens with zero attached hydrogens (tertiary/aromatic N) is 3. The first-order chi connectivity index (χ1) is 10.9. The van der Waals surface area contributed by atoms with E-state index in [4.69, 9.17) is 5.73 Å². The second-order valence-electron chi connectivity index (χ2n) is 5.77. The zero-order chi connectivity index (χ0) is 16.7. The molecule has 0 saturated heterocycles. The summed E-state index contributed by atoms with van der Waals surface area (Å²) >= 11 is 1.48. The van der Waals surface area contributed by atoms with Crippen LogP contribution < -0.4 is 5.73 Å². The Kier molecular flexibility index (Phi) is 3.97. The first-order valence-electron chi connectivity index (χ1n) is 7.64. The van der Waals surface area contributed by atoms with Crippen LogP contribution in [0.1, 0.15) is 44.3 Å². The number of thiophene rings is 1. The number of aryl methyl sites for hydroxylation is 3. The van der Waals surface area contributed by atoms with Crippen molar-refractivity contribution in [3.63, 3.8) is 0 Å². The average Bonchev–Trinajstić information content (AvgIpc) is 3.08. The molecule has 0 aromatic carbocycles. The van der Waals surface area contributed by atoms with E-state index in [2.05, 4.69) is 12.0 Å². The molecular formula is C16H20N4O2S. The summed E-state index contributed by atoms with van der Waals surface area (Å²) in [6.45, 7) is 4.55. The minimum absolute atomic E-state index is 0.129. The number of amides is 2. The van der Waals surface area contributed by atoms with Gasteiger partial charge in [-0.15, -0.1) is 11.3 Å². The second-order valence-corrected chi connectivity index (χ2v) is 7.03. The number of hydrogen-bond acceptors (Lipinski definition) is 4. The standard InChI is InChI=1S/C16H20N4O2S/c1-4-10-7-13(23-9(10)2)16(22)20-6-5-12-11(8-18-19(12)3)14(20)15(17)21/h7-8,14H,4-6H2,1-3H3,(H2,17,21). The normalized spacial score (nSPS) is 17.2. The molecule has 0 fully saturated rings. The summed E-state index contributed by atoms with van der Waals surface area (Å²) in [6, 6.07) is 1.19. The maximum Gasteiger partial charge on any atom is 0.264 e. The maximum absolute atomic E-state index is 12.9. The van der Waals surface area contributed by atoms with Gasteiger partial charge in [0.1, 0.15) is 6.04 Å². The molecule has 1 unspecified atom stereocenters. The third-order valence-corrected chi connectivity index (χ3v) is 5.51. The molecule has 0 bridgehead atoms. The van der Waals surface area contributed by atoms with Crippen LogP contribution in [0.25, 0.3) is 0 Å². The molecule has 3 heterocycles. The Bertz CT molecular complexity index is 777. The van der Waals surface area contributed by atoms with Crippen molar-refractivity contribution >= 4 is 23.2 Å². The summed E-state index contributed by atoms with van der Waals surface area (Å²) in [4.78, 5) is 28.3. The van der Waals surface area contributed by atoms with Gasteiger partial charge in [-0.3, -0.25) is 14.3 Å². The van der Waals surface area contributed by atoms with Gasteiger partial charge in [0, 0.05) is 36.1 Å². The summed E-state index contributed by atoms with van der Waals surface area (Å²) in [7, 11) is 1.84. The summed E-state index contributed by atoms with van der Waals surface area (Å²) in [5.74, 6) is -0.646. The lowest BCUT2D eigenvalue weighted by atomic mass is 9.98. The number of aromatic nitrogens is 2. The van der Waals surface area contributed by atoms with Gasteiger partial charge in [-0.1, -0.05) is 6.92 Å². The number of nitrogens with two attached hydrogens (primary N) is 1. The van der Waals surface area contributed by atoms with E-state index in [1.165, 1.54) is 16.9 Å². The molecule has 1 aliphatic rings. The fourth-order valence-corrected chi connectivity index (χ4v) is 4.25. The van der Waals surface area contributed by atoms with Crippen molar-refractivity contribution in [2.24, 2.45) is 12.8 Å². The third-order valence-electron chi connectivity index (χ3n) is 4.43. The lowest BCUT2D eigenvalue weighted by Crippen LogP contribution is -2.45. The molecule has 2 aromatic heterocycles. The first kappa shape index (κ1) is 15.7. The van der Waals surface area contributed by atoms with E-state index in [-0.39, 0.29) is 5.91 Å². The lowest BCUT2D eigenvalue weighted by Gasteiger charge is -2.33. The van der Waals surface area contributed by atoms with E-state index in [1.54, 1.807) is 15.8 Å². The molecule has 3 rings (SSSR count). The molecule has 2 aromatic rings. The van der Waals surface area contributed by atoms with Crippen LogP contribution in [0.5, 0.6) is 0 Å². The van der Waals surface area contributed by atoms with Gasteiger partial charge in [0.2, 0.25) is 5.91 Å². The topological polar surface area (TPSA) is 81.2 Å². The highest BCUT2D eigenvalue weighted by Crippen LogP contribution is 2.32. The van der Waals surface area contributed by atoms with E-state index in [0.717, 1.165) is 22.6 Å². The zero-order valence-electron chi connectivity index (χ0n) is 13.5. The number of carbonyl (C=O) groups excluding carboxylic acids is 2. The van der Waals surface area contributed by atoms with Crippen molar-refractivity contribution in [1.29, 1.82) is 0 Å². The highest BCUT2D eigenvalue weighted by molar-refractivity contribution is 7.14. The molecule has 2 N–H and O–H groups in total. The summed E-state index contributed by atoms with van der Waals surface area (Å²) in [5, 5.41) is 4.20. The first-order valence-corrected chi connectivity index (χ1v) is 8.46. The summed E-state index contributed by atoms with van der Waals surface area (Å²) in [6.07, 6.45) is 3.20. The van der Waals surface area contributed by atoms with Crippen molar-refractivity contribution in [1.82, 2.24) is 14.7 Å². The maximum atomic E-state index is 12.9. The van der Waals surface area contributed by atoms with Gasteiger partial charge in [-0.2, -0.15) is 5.10 Å². The fraction of sp³-hybridized carbons (Fsp3) is 0.438. The van der Waals surface area contributed by atoms with E-state index < -0.39 is 11.9 Å². The Hall–Kier alpha value is -2.15. The van der Waals surface area contributed by atoms with E-state index in [0.29, 0.717) is 17.8 Å². The molecule has 7 heteroatoms. The number of carbonyl (C=O) groups is 2. The van der Waals surface area contributed by atoms with Gasteiger partial charge in [0.05, 0.1) is 11.1 Å². The van der Waals surface area contributed by atoms with Crippen molar-refractivity contribution in [2.45, 2.75) is 32.7 Å². The van der Waals surface area contributed by atoms with Crippen molar-refractivity contribution in [2.75, 3.05) is 6.54 Å². The second kappa shape index (κ2) is 5.81. The van der Waals surface area contributed by atoms with Gasteiger partial charge in [0.25, 0.3) is 5.91 Å². The van der Waals surface area contributed by atoms with E-state index in [1.807, 2.05) is 20.0 Å². The summed E-state index contributed by atoms with van der Waals surface area (Å²) in [5.41, 5.74) is 8.47. The predicted molar refractivity (Wildman–Crippen MR) is 88.3 cm³/mol. The molecule has 1 aliphatic heterocycles.